The van der Waals surface area contributed by atoms with Crippen molar-refractivity contribution in [2.45, 2.75) is 31.3 Å². The molecule has 0 aliphatic carbocycles. The number of fused-ring (bicyclic) bond motifs is 1. The van der Waals surface area contributed by atoms with Crippen LogP contribution in [0.25, 0.3) is 22.4 Å². The summed E-state index contributed by atoms with van der Waals surface area (Å²) in [6.45, 7) is 2.21. The zero-order valence-corrected chi connectivity index (χ0v) is 19.1. The van der Waals surface area contributed by atoms with Gasteiger partial charge in [-0.2, -0.15) is 0 Å². The highest BCUT2D eigenvalue weighted by molar-refractivity contribution is 6.30. The zero-order valence-electron chi connectivity index (χ0n) is 18.3. The molecule has 1 saturated heterocycles. The van der Waals surface area contributed by atoms with Crippen molar-refractivity contribution in [1.82, 2.24) is 20.5 Å². The summed E-state index contributed by atoms with van der Waals surface area (Å²) in [4.78, 5) is 25.8. The Morgan fingerprint density at radius 3 is 2.64 bits per heavy atom. The maximum Gasteiger partial charge on any atom is 0.268 e. The highest BCUT2D eigenvalue weighted by Gasteiger charge is 2.32. The number of hydrogen-bond donors (Lipinski definition) is 3. The van der Waals surface area contributed by atoms with Crippen LogP contribution < -0.4 is 16.0 Å². The van der Waals surface area contributed by atoms with E-state index in [1.54, 1.807) is 0 Å². The molecule has 3 N–H and O–H groups in total. The molecule has 2 aliphatic rings. The van der Waals surface area contributed by atoms with E-state index in [0.29, 0.717) is 23.7 Å². The van der Waals surface area contributed by atoms with Crippen molar-refractivity contribution in [3.63, 3.8) is 0 Å². The van der Waals surface area contributed by atoms with Gasteiger partial charge in [0.1, 0.15) is 5.69 Å². The zero-order chi connectivity index (χ0) is 22.8. The highest BCUT2D eigenvalue weighted by Crippen LogP contribution is 2.39. The maximum absolute atomic E-state index is 13.0. The van der Waals surface area contributed by atoms with Crippen molar-refractivity contribution in [2.24, 2.45) is 0 Å². The fourth-order valence-electron chi connectivity index (χ4n) is 4.88. The molecule has 0 saturated carbocycles. The Balaban J connectivity index is 1.55. The predicted octanol–water partition coefficient (Wildman–Crippen LogP) is 4.02. The summed E-state index contributed by atoms with van der Waals surface area (Å²) < 4.78 is 2.04. The molecule has 6 nitrogen and oxygen atoms in total. The number of nitrogens with one attached hydrogen (secondary N) is 3. The van der Waals surface area contributed by atoms with Gasteiger partial charge in [-0.25, -0.2) is 0 Å². The van der Waals surface area contributed by atoms with E-state index in [4.69, 9.17) is 11.6 Å². The molecule has 2 aliphatic heterocycles. The third kappa shape index (κ3) is 4.54. The lowest BCUT2D eigenvalue weighted by atomic mass is 10.0. The van der Waals surface area contributed by atoms with Crippen LogP contribution >= 0.6 is 11.6 Å². The van der Waals surface area contributed by atoms with E-state index in [0.717, 1.165) is 48.3 Å². The molecule has 0 bridgehead atoms. The number of benzene rings is 2. The molecule has 1 fully saturated rings. The van der Waals surface area contributed by atoms with Crippen LogP contribution in [0.3, 0.4) is 0 Å². The summed E-state index contributed by atoms with van der Waals surface area (Å²) in [5, 5.41) is 10.1. The van der Waals surface area contributed by atoms with Gasteiger partial charge in [-0.3, -0.25) is 9.59 Å². The van der Waals surface area contributed by atoms with Crippen molar-refractivity contribution in [2.75, 3.05) is 19.6 Å². The number of piperidine rings is 1. The molecule has 2 atom stereocenters. The fourth-order valence-corrected chi connectivity index (χ4v) is 5.07. The lowest BCUT2D eigenvalue weighted by Crippen LogP contribution is -2.47. The standard InChI is InChI=1S/C26H27ClN4O2/c27-19-9-4-8-18(12-19)22-14-23-26(33)29-16-21(13-24(32)30-20-10-5-11-28-15-20)31(23)25(22)17-6-2-1-3-7-17/h1-4,6-9,12,14,20-21,28H,5,10-11,13,15-16H2,(H,29,33)(H,30,32)/t20-,21+/m1/s1. The van der Waals surface area contributed by atoms with Crippen molar-refractivity contribution >= 4 is 23.4 Å². The van der Waals surface area contributed by atoms with Crippen molar-refractivity contribution in [3.8, 4) is 22.4 Å². The molecule has 2 amide bonds. The summed E-state index contributed by atoms with van der Waals surface area (Å²) in [7, 11) is 0. The third-order valence-corrected chi connectivity index (χ3v) is 6.63. The Labute approximate surface area is 198 Å². The van der Waals surface area contributed by atoms with Crippen molar-refractivity contribution in [3.05, 3.63) is 71.4 Å². The maximum atomic E-state index is 13.0. The van der Waals surface area contributed by atoms with Crippen LogP contribution in [0.4, 0.5) is 0 Å². The predicted molar refractivity (Wildman–Crippen MR) is 130 cm³/mol. The number of carbonyl (C=O) groups is 2. The smallest absolute Gasteiger partial charge is 0.268 e. The molecule has 3 heterocycles. The summed E-state index contributed by atoms with van der Waals surface area (Å²) in [6.07, 6.45) is 2.35. The minimum atomic E-state index is -0.183. The number of carbonyl (C=O) groups excluding carboxylic acids is 2. The molecule has 3 aromatic rings. The molecule has 1 aromatic heterocycles. The van der Waals surface area contributed by atoms with Gasteiger partial charge in [-0.1, -0.05) is 54.1 Å². The quantitative estimate of drug-likeness (QED) is 0.536. The van der Waals surface area contributed by atoms with Crippen molar-refractivity contribution < 1.29 is 9.59 Å². The minimum absolute atomic E-state index is 0.00724. The molecule has 0 radical (unpaired) electrons. The first-order valence-corrected chi connectivity index (χ1v) is 11.8. The van der Waals surface area contributed by atoms with Gasteiger partial charge in [0.25, 0.3) is 5.91 Å². The van der Waals surface area contributed by atoms with Crippen LogP contribution in [0.15, 0.2) is 60.7 Å². The van der Waals surface area contributed by atoms with E-state index in [1.165, 1.54) is 0 Å². The molecule has 2 aromatic carbocycles. The van der Waals surface area contributed by atoms with Crippen LogP contribution in [-0.4, -0.2) is 42.1 Å². The fraction of sp³-hybridized carbons (Fsp3) is 0.308. The van der Waals surface area contributed by atoms with Crippen LogP contribution in [0.2, 0.25) is 5.02 Å². The Kier molecular flexibility index (Phi) is 6.20. The highest BCUT2D eigenvalue weighted by atomic mass is 35.5. The van der Waals surface area contributed by atoms with Gasteiger partial charge in [0.05, 0.1) is 11.7 Å². The minimum Gasteiger partial charge on any atom is -0.352 e. The van der Waals surface area contributed by atoms with Crippen LogP contribution in [0, 0.1) is 0 Å². The average Bonchev–Trinajstić information content (AvgIpc) is 3.24. The lowest BCUT2D eigenvalue weighted by Gasteiger charge is -2.30. The number of hydrogen-bond acceptors (Lipinski definition) is 3. The second-order valence-electron chi connectivity index (χ2n) is 8.72. The van der Waals surface area contributed by atoms with E-state index < -0.39 is 0 Å². The number of halogens is 1. The molecule has 170 valence electrons. The van der Waals surface area contributed by atoms with E-state index in [1.807, 2.05) is 65.2 Å². The Bertz CT molecular complexity index is 1170. The lowest BCUT2D eigenvalue weighted by molar-refractivity contribution is -0.122. The average molecular weight is 463 g/mol. The number of aromatic nitrogens is 1. The molecule has 5 rings (SSSR count). The third-order valence-electron chi connectivity index (χ3n) is 6.40. The first-order chi connectivity index (χ1) is 16.1. The van der Waals surface area contributed by atoms with Crippen LogP contribution in [-0.2, 0) is 4.79 Å². The first kappa shape index (κ1) is 21.7. The van der Waals surface area contributed by atoms with Gasteiger partial charge in [0.2, 0.25) is 5.91 Å². The van der Waals surface area contributed by atoms with Gasteiger partial charge in [0.15, 0.2) is 0 Å². The SMILES string of the molecule is O=C(C[C@H]1CNC(=O)c2cc(-c3cccc(Cl)c3)c(-c3ccccc3)n21)N[C@@H]1CCCNC1. The summed E-state index contributed by atoms with van der Waals surface area (Å²) in [5.74, 6) is -0.124. The van der Waals surface area contributed by atoms with Gasteiger partial charge >= 0.3 is 0 Å². The van der Waals surface area contributed by atoms with E-state index in [9.17, 15) is 9.59 Å². The summed E-state index contributed by atoms with van der Waals surface area (Å²) >= 11 is 6.29. The number of nitrogens with zero attached hydrogens (tertiary/aromatic N) is 1. The Morgan fingerprint density at radius 1 is 1.06 bits per heavy atom. The largest absolute Gasteiger partial charge is 0.352 e. The summed E-state index contributed by atoms with van der Waals surface area (Å²) in [6, 6.07) is 19.5. The number of rotatable bonds is 5. The van der Waals surface area contributed by atoms with Crippen LogP contribution in [0.1, 0.15) is 35.8 Å². The van der Waals surface area contributed by atoms with E-state index in [-0.39, 0.29) is 23.9 Å². The molecule has 0 spiro atoms. The van der Waals surface area contributed by atoms with Gasteiger partial charge < -0.3 is 20.5 Å². The Morgan fingerprint density at radius 2 is 1.88 bits per heavy atom. The second kappa shape index (κ2) is 9.41. The van der Waals surface area contributed by atoms with Crippen molar-refractivity contribution in [1.29, 1.82) is 0 Å². The monoisotopic (exact) mass is 462 g/mol. The molecule has 7 heteroatoms. The second-order valence-corrected chi connectivity index (χ2v) is 9.15. The van der Waals surface area contributed by atoms with E-state index in [2.05, 4.69) is 16.0 Å². The van der Waals surface area contributed by atoms with Gasteiger partial charge in [0, 0.05) is 36.1 Å². The van der Waals surface area contributed by atoms with Gasteiger partial charge in [-0.15, -0.1) is 0 Å². The molecular weight excluding hydrogens is 436 g/mol. The summed E-state index contributed by atoms with van der Waals surface area (Å²) in [5.41, 5.74) is 4.35. The normalized spacial score (nSPS) is 20.1. The van der Waals surface area contributed by atoms with Gasteiger partial charge in [-0.05, 0) is 48.7 Å². The van der Waals surface area contributed by atoms with Crippen LogP contribution in [0.5, 0.6) is 0 Å². The molecule has 0 unspecified atom stereocenters. The number of amides is 2. The topological polar surface area (TPSA) is 75.2 Å². The Hall–Kier alpha value is -3.09. The molecular formula is C26H27ClN4O2. The first-order valence-electron chi connectivity index (χ1n) is 11.4. The molecule has 33 heavy (non-hydrogen) atoms. The van der Waals surface area contributed by atoms with E-state index >= 15 is 0 Å².